The molecule has 20 heavy (non-hydrogen) atoms. The van der Waals surface area contributed by atoms with Crippen LogP contribution in [0.3, 0.4) is 0 Å². The highest BCUT2D eigenvalue weighted by Crippen LogP contribution is 2.23. The molecule has 3 nitrogen and oxygen atoms in total. The second kappa shape index (κ2) is 8.62. The van der Waals surface area contributed by atoms with Crippen LogP contribution in [0.5, 0.6) is 0 Å². The summed E-state index contributed by atoms with van der Waals surface area (Å²) in [6, 6.07) is 7.61. The molecule has 0 aliphatic rings. The van der Waals surface area contributed by atoms with E-state index in [4.69, 9.17) is 5.73 Å². The normalized spacial score (nSPS) is 10.8. The van der Waals surface area contributed by atoms with E-state index in [9.17, 15) is 4.79 Å². The van der Waals surface area contributed by atoms with E-state index in [1.165, 1.54) is 0 Å². The molecule has 0 spiro atoms. The molecular weight excluding hydrogens is 248 g/mol. The molecule has 1 amide bonds. The number of anilines is 2. The summed E-state index contributed by atoms with van der Waals surface area (Å²) in [5.41, 5.74) is 7.42. The first-order chi connectivity index (χ1) is 9.63. The van der Waals surface area contributed by atoms with Crippen molar-refractivity contribution in [2.24, 2.45) is 5.92 Å². The Balaban J connectivity index is 2.92. The van der Waals surface area contributed by atoms with Crippen LogP contribution in [0.1, 0.15) is 52.9 Å². The predicted molar refractivity (Wildman–Crippen MR) is 86.8 cm³/mol. The lowest BCUT2D eigenvalue weighted by molar-refractivity contribution is -0.122. The Morgan fingerprint density at radius 3 is 2.05 bits per heavy atom. The predicted octanol–water partition coefficient (Wildman–Crippen LogP) is 4.23. The summed E-state index contributed by atoms with van der Waals surface area (Å²) >= 11 is 0. The van der Waals surface area contributed by atoms with Crippen LogP contribution in [-0.4, -0.2) is 12.5 Å². The Hall–Kier alpha value is -1.51. The third-order valence-corrected chi connectivity index (χ3v) is 3.54. The van der Waals surface area contributed by atoms with E-state index in [1.807, 2.05) is 29.2 Å². The average Bonchev–Trinajstić information content (AvgIpc) is 2.45. The number of nitrogen functional groups attached to an aromatic ring is 1. The maximum atomic E-state index is 12.8. The Bertz CT molecular complexity index is 394. The van der Waals surface area contributed by atoms with Crippen molar-refractivity contribution in [3.05, 3.63) is 24.3 Å². The Labute approximate surface area is 123 Å². The molecule has 0 aliphatic heterocycles. The average molecular weight is 276 g/mol. The maximum Gasteiger partial charge on any atom is 0.230 e. The summed E-state index contributed by atoms with van der Waals surface area (Å²) in [6.07, 6.45) is 5.01. The van der Waals surface area contributed by atoms with Crippen molar-refractivity contribution in [3.63, 3.8) is 0 Å². The number of hydrogen-bond donors (Lipinski definition) is 1. The molecule has 112 valence electrons. The van der Waals surface area contributed by atoms with Gasteiger partial charge in [0.2, 0.25) is 5.91 Å². The molecule has 0 heterocycles. The van der Waals surface area contributed by atoms with Crippen molar-refractivity contribution < 1.29 is 4.79 Å². The van der Waals surface area contributed by atoms with Crippen LogP contribution in [0.4, 0.5) is 11.4 Å². The Morgan fingerprint density at radius 2 is 1.60 bits per heavy atom. The number of nitrogens with zero attached hydrogens (tertiary/aromatic N) is 1. The summed E-state index contributed by atoms with van der Waals surface area (Å²) in [4.78, 5) is 14.7. The number of nitrogens with two attached hydrogens (primary N) is 1. The van der Waals surface area contributed by atoms with E-state index < -0.39 is 0 Å². The number of benzene rings is 1. The Morgan fingerprint density at radius 1 is 1.05 bits per heavy atom. The van der Waals surface area contributed by atoms with Crippen LogP contribution in [0.2, 0.25) is 0 Å². The number of rotatable bonds is 8. The minimum absolute atomic E-state index is 0.147. The fourth-order valence-electron chi connectivity index (χ4n) is 2.55. The molecule has 3 heteroatoms. The molecule has 1 aromatic carbocycles. The molecular formula is C17H28N2O. The standard InChI is InChI=1S/C17H28N2O/c1-4-7-14(8-5-2)17(20)19(13-6-3)16-11-9-15(18)10-12-16/h9-12,14H,4-8,13,18H2,1-3H3. The van der Waals surface area contributed by atoms with E-state index >= 15 is 0 Å². The van der Waals surface area contributed by atoms with E-state index in [1.54, 1.807) is 0 Å². The van der Waals surface area contributed by atoms with Gasteiger partial charge in [0.15, 0.2) is 0 Å². The highest BCUT2D eigenvalue weighted by Gasteiger charge is 2.23. The number of carbonyl (C=O) groups is 1. The van der Waals surface area contributed by atoms with Crippen molar-refractivity contribution in [1.29, 1.82) is 0 Å². The molecule has 1 aromatic rings. The zero-order valence-corrected chi connectivity index (χ0v) is 13.1. The topological polar surface area (TPSA) is 46.3 Å². The number of carbonyl (C=O) groups excluding carboxylic acids is 1. The molecule has 0 saturated carbocycles. The fraction of sp³-hybridized carbons (Fsp3) is 0.588. The van der Waals surface area contributed by atoms with E-state index in [0.29, 0.717) is 0 Å². The van der Waals surface area contributed by atoms with Crippen molar-refractivity contribution in [2.45, 2.75) is 52.9 Å². The van der Waals surface area contributed by atoms with Gasteiger partial charge in [0.25, 0.3) is 0 Å². The van der Waals surface area contributed by atoms with E-state index in [-0.39, 0.29) is 11.8 Å². The van der Waals surface area contributed by atoms with Gasteiger partial charge in [-0.3, -0.25) is 4.79 Å². The first-order valence-electron chi connectivity index (χ1n) is 7.80. The van der Waals surface area contributed by atoms with Gasteiger partial charge in [-0.05, 0) is 43.5 Å². The fourth-order valence-corrected chi connectivity index (χ4v) is 2.55. The molecule has 0 fully saturated rings. The van der Waals surface area contributed by atoms with Crippen molar-refractivity contribution in [1.82, 2.24) is 0 Å². The SMILES string of the molecule is CCCC(CCC)C(=O)N(CCC)c1ccc(N)cc1. The second-order valence-electron chi connectivity index (χ2n) is 5.36. The highest BCUT2D eigenvalue weighted by molar-refractivity contribution is 5.95. The minimum Gasteiger partial charge on any atom is -0.399 e. The monoisotopic (exact) mass is 276 g/mol. The van der Waals surface area contributed by atoms with Gasteiger partial charge in [0.1, 0.15) is 0 Å². The van der Waals surface area contributed by atoms with Crippen molar-refractivity contribution in [2.75, 3.05) is 17.2 Å². The van der Waals surface area contributed by atoms with Gasteiger partial charge in [0, 0.05) is 23.8 Å². The zero-order chi connectivity index (χ0) is 15.0. The van der Waals surface area contributed by atoms with Crippen LogP contribution in [0.15, 0.2) is 24.3 Å². The molecule has 0 saturated heterocycles. The van der Waals surface area contributed by atoms with Crippen LogP contribution >= 0.6 is 0 Å². The molecule has 0 aromatic heterocycles. The third-order valence-electron chi connectivity index (χ3n) is 3.54. The van der Waals surface area contributed by atoms with Crippen LogP contribution in [-0.2, 0) is 4.79 Å². The summed E-state index contributed by atoms with van der Waals surface area (Å²) in [7, 11) is 0. The van der Waals surface area contributed by atoms with Crippen molar-refractivity contribution in [3.8, 4) is 0 Å². The summed E-state index contributed by atoms with van der Waals surface area (Å²) in [6.45, 7) is 7.16. The molecule has 0 unspecified atom stereocenters. The van der Waals surface area contributed by atoms with Gasteiger partial charge in [-0.25, -0.2) is 0 Å². The van der Waals surface area contributed by atoms with Crippen LogP contribution in [0, 0.1) is 5.92 Å². The molecule has 1 rings (SSSR count). The van der Waals surface area contributed by atoms with Gasteiger partial charge >= 0.3 is 0 Å². The van der Waals surface area contributed by atoms with Gasteiger partial charge in [-0.2, -0.15) is 0 Å². The molecule has 0 atom stereocenters. The quantitative estimate of drug-likeness (QED) is 0.722. The highest BCUT2D eigenvalue weighted by atomic mass is 16.2. The first kappa shape index (κ1) is 16.5. The maximum absolute atomic E-state index is 12.8. The lowest BCUT2D eigenvalue weighted by Crippen LogP contribution is -2.37. The van der Waals surface area contributed by atoms with Gasteiger partial charge in [-0.15, -0.1) is 0 Å². The largest absolute Gasteiger partial charge is 0.399 e. The van der Waals surface area contributed by atoms with Gasteiger partial charge in [0.05, 0.1) is 0 Å². The third kappa shape index (κ3) is 4.55. The lowest BCUT2D eigenvalue weighted by atomic mass is 9.96. The molecule has 0 radical (unpaired) electrons. The van der Waals surface area contributed by atoms with E-state index in [0.717, 1.165) is 50.0 Å². The minimum atomic E-state index is 0.147. The zero-order valence-electron chi connectivity index (χ0n) is 13.1. The summed E-state index contributed by atoms with van der Waals surface area (Å²) < 4.78 is 0. The Kier molecular flexibility index (Phi) is 7.13. The van der Waals surface area contributed by atoms with Gasteiger partial charge < -0.3 is 10.6 Å². The van der Waals surface area contributed by atoms with Crippen LogP contribution in [0.25, 0.3) is 0 Å². The number of hydrogen-bond acceptors (Lipinski definition) is 2. The number of amides is 1. The second-order valence-corrected chi connectivity index (χ2v) is 5.36. The molecule has 0 aliphatic carbocycles. The lowest BCUT2D eigenvalue weighted by Gasteiger charge is -2.27. The van der Waals surface area contributed by atoms with Gasteiger partial charge in [-0.1, -0.05) is 33.6 Å². The van der Waals surface area contributed by atoms with Crippen LogP contribution < -0.4 is 10.6 Å². The molecule has 2 N–H and O–H groups in total. The first-order valence-corrected chi connectivity index (χ1v) is 7.80. The molecule has 0 bridgehead atoms. The van der Waals surface area contributed by atoms with E-state index in [2.05, 4.69) is 20.8 Å². The van der Waals surface area contributed by atoms with Crippen molar-refractivity contribution >= 4 is 17.3 Å². The summed E-state index contributed by atoms with van der Waals surface area (Å²) in [5, 5.41) is 0. The smallest absolute Gasteiger partial charge is 0.230 e. The summed E-state index contributed by atoms with van der Waals surface area (Å²) in [5.74, 6) is 0.412.